The highest BCUT2D eigenvalue weighted by Gasteiger charge is 2.48. The van der Waals surface area contributed by atoms with Gasteiger partial charge in [0.2, 0.25) is 0 Å². The van der Waals surface area contributed by atoms with E-state index < -0.39 is 29.7 Å². The number of hydrogen-bond donors (Lipinski definition) is 0. The Morgan fingerprint density at radius 3 is 1.12 bits per heavy atom. The molecule has 2 heterocycles. The number of esters is 4. The Kier molecular flexibility index (Phi) is 8.01. The second-order valence-electron chi connectivity index (χ2n) is 10.9. The molecule has 4 aliphatic carbocycles. The van der Waals surface area contributed by atoms with Crippen molar-refractivity contribution in [3.05, 3.63) is 44.6 Å². The first-order chi connectivity index (χ1) is 19.3. The highest BCUT2D eigenvalue weighted by atomic mass is 16.7. The van der Waals surface area contributed by atoms with Crippen LogP contribution in [0.4, 0.5) is 0 Å². The molecule has 0 aromatic heterocycles. The molecule has 6 rings (SSSR count). The fraction of sp³-hybridized carbons (Fsp3) is 0.600. The van der Waals surface area contributed by atoms with Gasteiger partial charge in [0.15, 0.2) is 5.79 Å². The molecular weight excluding hydrogens is 520 g/mol. The second kappa shape index (κ2) is 11.3. The van der Waals surface area contributed by atoms with Crippen LogP contribution in [-0.4, -0.2) is 71.3 Å². The van der Waals surface area contributed by atoms with Gasteiger partial charge in [-0.05, 0) is 12.8 Å². The van der Waals surface area contributed by atoms with Crippen LogP contribution < -0.4 is 0 Å². The van der Waals surface area contributed by atoms with Crippen molar-refractivity contribution in [3.63, 3.8) is 0 Å². The van der Waals surface area contributed by atoms with Crippen LogP contribution in [0.3, 0.4) is 0 Å². The van der Waals surface area contributed by atoms with Crippen LogP contribution in [0, 0.1) is 11.8 Å². The molecule has 40 heavy (non-hydrogen) atoms. The van der Waals surface area contributed by atoms with Gasteiger partial charge in [-0.2, -0.15) is 0 Å². The van der Waals surface area contributed by atoms with E-state index in [4.69, 9.17) is 28.4 Å². The van der Waals surface area contributed by atoms with Crippen LogP contribution in [0.25, 0.3) is 0 Å². The summed E-state index contributed by atoms with van der Waals surface area (Å²) in [6.45, 7) is 0.572. The fourth-order valence-corrected chi connectivity index (χ4v) is 7.02. The maximum absolute atomic E-state index is 12.9. The third kappa shape index (κ3) is 4.81. The Bertz CT molecular complexity index is 1090. The SMILES string of the molecule is COC(=O)C1=C(C(=O)OC)CC2=C(C1)C1COC3(CCCCC3)OCC2C2=C1CC(C(=O)OC)=C(C(=O)OC)C2. The first kappa shape index (κ1) is 28.3. The number of ether oxygens (including phenoxy) is 6. The molecule has 1 fully saturated rings. The molecule has 2 aliphatic heterocycles. The van der Waals surface area contributed by atoms with E-state index in [0.29, 0.717) is 0 Å². The molecule has 6 aliphatic rings. The maximum Gasteiger partial charge on any atom is 0.334 e. The van der Waals surface area contributed by atoms with Gasteiger partial charge in [0, 0.05) is 50.4 Å². The van der Waals surface area contributed by atoms with E-state index in [-0.39, 0.29) is 73.0 Å². The first-order valence-electron chi connectivity index (χ1n) is 13.8. The van der Waals surface area contributed by atoms with Gasteiger partial charge in [0.05, 0.1) is 63.9 Å². The molecule has 0 aromatic rings. The highest BCUT2D eigenvalue weighted by molar-refractivity contribution is 6.03. The number of rotatable bonds is 4. The van der Waals surface area contributed by atoms with Gasteiger partial charge in [-0.1, -0.05) is 28.7 Å². The van der Waals surface area contributed by atoms with Gasteiger partial charge in [-0.15, -0.1) is 0 Å². The quantitative estimate of drug-likeness (QED) is 0.289. The molecule has 0 N–H and O–H groups in total. The molecule has 0 aromatic carbocycles. The van der Waals surface area contributed by atoms with Crippen molar-refractivity contribution in [3.8, 4) is 0 Å². The first-order valence-corrected chi connectivity index (χ1v) is 13.8. The molecule has 10 heteroatoms. The molecular formula is C30H36O10. The maximum atomic E-state index is 12.9. The lowest BCUT2D eigenvalue weighted by atomic mass is 9.63. The number of methoxy groups -OCH3 is 4. The standard InChI is InChI=1S/C30H36O10/c1-35-26(31)20-10-16-17(11-21(20)27(32)36-2)25-15-40-30(8-6-5-7-9-30)39-14-24(16)18-12-22(28(33)37-3)23(13-19(18)25)29(34)38-4/h24-25H,5-15H2,1-4H3. The van der Waals surface area contributed by atoms with Crippen molar-refractivity contribution in [2.24, 2.45) is 11.8 Å². The molecule has 1 saturated carbocycles. The minimum Gasteiger partial charge on any atom is -0.466 e. The summed E-state index contributed by atoms with van der Waals surface area (Å²) >= 11 is 0. The Morgan fingerprint density at radius 1 is 0.550 bits per heavy atom. The molecule has 1 spiro atoms. The van der Waals surface area contributed by atoms with Crippen molar-refractivity contribution in [1.82, 2.24) is 0 Å². The zero-order chi connectivity index (χ0) is 28.6. The molecule has 0 unspecified atom stereocenters. The Hall–Kier alpha value is -3.24. The van der Waals surface area contributed by atoms with E-state index in [1.807, 2.05) is 0 Å². The van der Waals surface area contributed by atoms with Crippen LogP contribution >= 0.6 is 0 Å². The van der Waals surface area contributed by atoms with Gasteiger partial charge in [-0.25, -0.2) is 19.2 Å². The van der Waals surface area contributed by atoms with Crippen LogP contribution in [0.2, 0.25) is 0 Å². The van der Waals surface area contributed by atoms with Crippen molar-refractivity contribution >= 4 is 23.9 Å². The average molecular weight is 557 g/mol. The lowest BCUT2D eigenvalue weighted by Crippen LogP contribution is -2.39. The van der Waals surface area contributed by atoms with Crippen molar-refractivity contribution in [2.45, 2.75) is 63.6 Å². The van der Waals surface area contributed by atoms with E-state index in [1.165, 1.54) is 28.4 Å². The number of carbonyl (C=O) groups is 4. The molecule has 2 bridgehead atoms. The summed E-state index contributed by atoms with van der Waals surface area (Å²) in [6.07, 6.45) is 5.45. The lowest BCUT2D eigenvalue weighted by molar-refractivity contribution is -0.255. The minimum absolute atomic E-state index is 0.196. The zero-order valence-electron chi connectivity index (χ0n) is 23.5. The van der Waals surface area contributed by atoms with E-state index >= 15 is 0 Å². The molecule has 0 radical (unpaired) electrons. The monoisotopic (exact) mass is 556 g/mol. The topological polar surface area (TPSA) is 124 Å². The van der Waals surface area contributed by atoms with Crippen LogP contribution in [-0.2, 0) is 47.6 Å². The van der Waals surface area contributed by atoms with Gasteiger partial charge in [0.1, 0.15) is 0 Å². The summed E-state index contributed by atoms with van der Waals surface area (Å²) in [5.41, 5.74) is 4.95. The summed E-state index contributed by atoms with van der Waals surface area (Å²) in [7, 11) is 5.15. The van der Waals surface area contributed by atoms with Crippen molar-refractivity contribution in [2.75, 3.05) is 41.7 Å². The number of fused-ring (bicyclic) bond motifs is 2. The van der Waals surface area contributed by atoms with Crippen molar-refractivity contribution < 1.29 is 47.6 Å². The van der Waals surface area contributed by atoms with E-state index in [2.05, 4.69) is 0 Å². The highest BCUT2D eigenvalue weighted by Crippen LogP contribution is 2.54. The molecule has 216 valence electrons. The minimum atomic E-state index is -0.717. The summed E-state index contributed by atoms with van der Waals surface area (Å²) in [5.74, 6) is -3.59. The number of hydrogen-bond acceptors (Lipinski definition) is 10. The van der Waals surface area contributed by atoms with E-state index in [0.717, 1.165) is 54.4 Å². The van der Waals surface area contributed by atoms with Crippen LogP contribution in [0.1, 0.15) is 57.8 Å². The smallest absolute Gasteiger partial charge is 0.334 e. The second-order valence-corrected chi connectivity index (χ2v) is 10.9. The van der Waals surface area contributed by atoms with Crippen molar-refractivity contribution in [1.29, 1.82) is 0 Å². The average Bonchev–Trinajstić information content (AvgIpc) is 3.09. The largest absolute Gasteiger partial charge is 0.466 e. The lowest BCUT2D eigenvalue weighted by Gasteiger charge is -2.42. The Labute approximate surface area is 233 Å². The zero-order valence-corrected chi connectivity index (χ0v) is 23.5. The predicted octanol–water partition coefficient (Wildman–Crippen LogP) is 3.41. The van der Waals surface area contributed by atoms with E-state index in [1.54, 1.807) is 0 Å². The fourth-order valence-electron chi connectivity index (χ4n) is 7.02. The van der Waals surface area contributed by atoms with Crippen LogP contribution in [0.5, 0.6) is 0 Å². The molecule has 0 amide bonds. The summed E-state index contributed by atoms with van der Waals surface area (Å²) in [4.78, 5) is 51.4. The summed E-state index contributed by atoms with van der Waals surface area (Å²) < 4.78 is 33.4. The predicted molar refractivity (Wildman–Crippen MR) is 139 cm³/mol. The third-order valence-electron chi connectivity index (χ3n) is 9.07. The normalized spacial score (nSPS) is 25.9. The van der Waals surface area contributed by atoms with Gasteiger partial charge in [-0.3, -0.25) is 0 Å². The Morgan fingerprint density at radius 2 is 0.850 bits per heavy atom. The molecule has 0 atom stereocenters. The molecule has 0 saturated heterocycles. The van der Waals surface area contributed by atoms with Gasteiger partial charge >= 0.3 is 23.9 Å². The van der Waals surface area contributed by atoms with Gasteiger partial charge < -0.3 is 28.4 Å². The third-order valence-corrected chi connectivity index (χ3v) is 9.07. The van der Waals surface area contributed by atoms with Gasteiger partial charge in [0.25, 0.3) is 0 Å². The number of carbonyl (C=O) groups excluding carboxylic acids is 4. The van der Waals surface area contributed by atoms with Crippen LogP contribution in [0.15, 0.2) is 44.6 Å². The summed E-state index contributed by atoms with van der Waals surface area (Å²) in [6, 6.07) is 0. The molecule has 10 nitrogen and oxygen atoms in total. The Balaban J connectivity index is 1.62. The summed E-state index contributed by atoms with van der Waals surface area (Å²) in [5, 5.41) is 0. The van der Waals surface area contributed by atoms with E-state index in [9.17, 15) is 19.2 Å².